The van der Waals surface area contributed by atoms with E-state index in [9.17, 15) is 4.79 Å². The van der Waals surface area contributed by atoms with Crippen LogP contribution in [0.2, 0.25) is 0 Å². The van der Waals surface area contributed by atoms with Crippen LogP contribution in [0, 0.1) is 18.8 Å². The van der Waals surface area contributed by atoms with Crippen molar-refractivity contribution in [3.63, 3.8) is 0 Å². The Bertz CT molecular complexity index is 685. The lowest BCUT2D eigenvalue weighted by Crippen LogP contribution is -2.23. The number of rotatable bonds is 3. The number of aliphatic hydroxyl groups is 1. The molecule has 0 radical (unpaired) electrons. The quantitative estimate of drug-likeness (QED) is 0.841. The number of nitrogens with one attached hydrogen (secondary N) is 1. The molecule has 2 aromatic rings. The highest BCUT2D eigenvalue weighted by Crippen LogP contribution is 2.11. The van der Waals surface area contributed by atoms with E-state index < -0.39 is 0 Å². The second kappa shape index (κ2) is 7.22. The van der Waals surface area contributed by atoms with Crippen LogP contribution in [0.4, 0.5) is 0 Å². The first kappa shape index (κ1) is 14.8. The lowest BCUT2D eigenvalue weighted by molar-refractivity contribution is 0.0950. The van der Waals surface area contributed by atoms with Crippen molar-refractivity contribution in [2.45, 2.75) is 13.5 Å². The van der Waals surface area contributed by atoms with E-state index in [2.05, 4.69) is 22.1 Å². The molecule has 4 nitrogen and oxygen atoms in total. The number of hydrogen-bond acceptors (Lipinski definition) is 3. The summed E-state index contributed by atoms with van der Waals surface area (Å²) in [4.78, 5) is 16.3. The van der Waals surface area contributed by atoms with Crippen molar-refractivity contribution < 1.29 is 9.90 Å². The van der Waals surface area contributed by atoms with E-state index in [0.717, 1.165) is 11.1 Å². The lowest BCUT2D eigenvalue weighted by atomic mass is 10.0. The summed E-state index contributed by atoms with van der Waals surface area (Å²) in [5, 5.41) is 11.6. The SMILES string of the molecule is Cc1ccc(C(=O)NCc2cccnc2)c(C#CCO)c1. The van der Waals surface area contributed by atoms with Crippen molar-refractivity contribution in [2.75, 3.05) is 6.61 Å². The zero-order valence-corrected chi connectivity index (χ0v) is 11.8. The van der Waals surface area contributed by atoms with Gasteiger partial charge in [0.1, 0.15) is 6.61 Å². The van der Waals surface area contributed by atoms with Crippen molar-refractivity contribution in [1.82, 2.24) is 10.3 Å². The summed E-state index contributed by atoms with van der Waals surface area (Å²) in [6.45, 7) is 2.11. The molecule has 0 aliphatic rings. The van der Waals surface area contributed by atoms with Crippen LogP contribution in [0.15, 0.2) is 42.7 Å². The number of nitrogens with zero attached hydrogens (tertiary/aromatic N) is 1. The third kappa shape index (κ3) is 4.16. The highest BCUT2D eigenvalue weighted by molar-refractivity contribution is 5.96. The van der Waals surface area contributed by atoms with Crippen LogP contribution in [0.5, 0.6) is 0 Å². The van der Waals surface area contributed by atoms with Crippen LogP contribution >= 0.6 is 0 Å². The number of aryl methyl sites for hydroxylation is 1. The Labute approximate surface area is 123 Å². The fourth-order valence-electron chi connectivity index (χ4n) is 1.87. The minimum atomic E-state index is -0.231. The molecular weight excluding hydrogens is 264 g/mol. The molecular formula is C17H16N2O2. The van der Waals surface area contributed by atoms with Crippen LogP contribution in [-0.2, 0) is 6.54 Å². The van der Waals surface area contributed by atoms with Gasteiger partial charge in [0.05, 0.1) is 5.56 Å². The van der Waals surface area contributed by atoms with Gasteiger partial charge in [-0.2, -0.15) is 0 Å². The molecule has 0 saturated heterocycles. The first-order valence-electron chi connectivity index (χ1n) is 6.58. The fourth-order valence-corrected chi connectivity index (χ4v) is 1.87. The largest absolute Gasteiger partial charge is 0.384 e. The van der Waals surface area contributed by atoms with Gasteiger partial charge in [0.15, 0.2) is 0 Å². The third-order valence-electron chi connectivity index (χ3n) is 2.90. The molecule has 0 aliphatic carbocycles. The van der Waals surface area contributed by atoms with Gasteiger partial charge in [-0.25, -0.2) is 0 Å². The number of aliphatic hydroxyl groups excluding tert-OH is 1. The van der Waals surface area contributed by atoms with Crippen LogP contribution in [0.25, 0.3) is 0 Å². The Balaban J connectivity index is 2.15. The molecule has 1 heterocycles. The average Bonchev–Trinajstić information content (AvgIpc) is 2.51. The minimum Gasteiger partial charge on any atom is -0.384 e. The van der Waals surface area contributed by atoms with Crippen LogP contribution in [0.1, 0.15) is 27.0 Å². The zero-order valence-electron chi connectivity index (χ0n) is 11.8. The molecule has 0 aliphatic heterocycles. The van der Waals surface area contributed by atoms with Gasteiger partial charge in [-0.05, 0) is 36.2 Å². The first-order chi connectivity index (χ1) is 10.2. The Morgan fingerprint density at radius 2 is 2.24 bits per heavy atom. The van der Waals surface area contributed by atoms with Gasteiger partial charge >= 0.3 is 0 Å². The number of aromatic nitrogens is 1. The Kier molecular flexibility index (Phi) is 5.08. The number of pyridine rings is 1. The molecule has 2 rings (SSSR count). The Hall–Kier alpha value is -2.64. The molecule has 1 aromatic carbocycles. The van der Waals surface area contributed by atoms with Crippen molar-refractivity contribution in [3.05, 3.63) is 65.0 Å². The van der Waals surface area contributed by atoms with Gasteiger partial charge in [-0.1, -0.05) is 24.0 Å². The third-order valence-corrected chi connectivity index (χ3v) is 2.90. The normalized spacial score (nSPS) is 9.62. The molecule has 0 saturated carbocycles. The van der Waals surface area contributed by atoms with Gasteiger partial charge in [0, 0.05) is 24.5 Å². The van der Waals surface area contributed by atoms with E-state index in [-0.39, 0.29) is 12.5 Å². The van der Waals surface area contributed by atoms with E-state index in [1.165, 1.54) is 0 Å². The van der Waals surface area contributed by atoms with Crippen LogP contribution in [0.3, 0.4) is 0 Å². The smallest absolute Gasteiger partial charge is 0.252 e. The molecule has 0 unspecified atom stereocenters. The number of carbonyl (C=O) groups excluding carboxylic acids is 1. The molecule has 0 spiro atoms. The number of benzene rings is 1. The maximum Gasteiger partial charge on any atom is 0.252 e. The maximum absolute atomic E-state index is 12.3. The predicted octanol–water partition coefficient (Wildman–Crippen LogP) is 1.66. The minimum absolute atomic E-state index is 0.193. The highest BCUT2D eigenvalue weighted by atomic mass is 16.2. The van der Waals surface area contributed by atoms with Crippen molar-refractivity contribution in [1.29, 1.82) is 0 Å². The second-order valence-electron chi connectivity index (χ2n) is 4.55. The Morgan fingerprint density at radius 3 is 2.95 bits per heavy atom. The summed E-state index contributed by atoms with van der Waals surface area (Å²) in [5.74, 6) is 5.19. The summed E-state index contributed by atoms with van der Waals surface area (Å²) in [6.07, 6.45) is 3.40. The lowest BCUT2D eigenvalue weighted by Gasteiger charge is -2.08. The monoisotopic (exact) mass is 280 g/mol. The topological polar surface area (TPSA) is 62.2 Å². The zero-order chi connectivity index (χ0) is 15.1. The molecule has 21 heavy (non-hydrogen) atoms. The molecule has 106 valence electrons. The Morgan fingerprint density at radius 1 is 1.38 bits per heavy atom. The molecule has 2 N–H and O–H groups in total. The summed E-state index contributed by atoms with van der Waals surface area (Å²) < 4.78 is 0. The van der Waals surface area contributed by atoms with E-state index in [0.29, 0.717) is 17.7 Å². The first-order valence-corrected chi connectivity index (χ1v) is 6.58. The van der Waals surface area contributed by atoms with E-state index in [4.69, 9.17) is 5.11 Å². The van der Waals surface area contributed by atoms with E-state index >= 15 is 0 Å². The van der Waals surface area contributed by atoms with Gasteiger partial charge in [-0.15, -0.1) is 0 Å². The van der Waals surface area contributed by atoms with Gasteiger partial charge in [0.25, 0.3) is 5.91 Å². The predicted molar refractivity (Wildman–Crippen MR) is 80.6 cm³/mol. The van der Waals surface area contributed by atoms with Crippen molar-refractivity contribution in [3.8, 4) is 11.8 Å². The maximum atomic E-state index is 12.3. The number of hydrogen-bond donors (Lipinski definition) is 2. The summed E-state index contributed by atoms with van der Waals surface area (Å²) in [5.41, 5.74) is 3.07. The van der Waals surface area contributed by atoms with Gasteiger partial charge < -0.3 is 10.4 Å². The number of amides is 1. The van der Waals surface area contributed by atoms with Crippen LogP contribution in [-0.4, -0.2) is 22.6 Å². The van der Waals surface area contributed by atoms with Crippen LogP contribution < -0.4 is 5.32 Å². The standard InChI is InChI=1S/C17H16N2O2/c1-13-6-7-16(15(10-13)5-3-9-20)17(21)19-12-14-4-2-8-18-11-14/h2,4,6-8,10-11,20H,9,12H2,1H3,(H,19,21). The second-order valence-corrected chi connectivity index (χ2v) is 4.55. The summed E-state index contributed by atoms with van der Waals surface area (Å²) in [6, 6.07) is 9.17. The molecule has 1 aromatic heterocycles. The van der Waals surface area contributed by atoms with Gasteiger partial charge in [-0.3, -0.25) is 9.78 Å². The average molecular weight is 280 g/mol. The fraction of sp³-hybridized carbons (Fsp3) is 0.176. The van der Waals surface area contributed by atoms with E-state index in [1.807, 2.05) is 31.2 Å². The van der Waals surface area contributed by atoms with Gasteiger partial charge in [0.2, 0.25) is 0 Å². The van der Waals surface area contributed by atoms with E-state index in [1.54, 1.807) is 18.5 Å². The summed E-state index contributed by atoms with van der Waals surface area (Å²) >= 11 is 0. The molecule has 4 heteroatoms. The molecule has 0 fully saturated rings. The van der Waals surface area contributed by atoms with Crippen molar-refractivity contribution in [2.24, 2.45) is 0 Å². The molecule has 0 atom stereocenters. The molecule has 0 bridgehead atoms. The molecule has 1 amide bonds. The summed E-state index contributed by atoms with van der Waals surface area (Å²) in [7, 11) is 0. The van der Waals surface area contributed by atoms with Crippen molar-refractivity contribution >= 4 is 5.91 Å². The highest BCUT2D eigenvalue weighted by Gasteiger charge is 2.10. The number of carbonyl (C=O) groups is 1.